The van der Waals surface area contributed by atoms with Gasteiger partial charge in [0.25, 0.3) is 0 Å². The Morgan fingerprint density at radius 2 is 1.04 bits per heavy atom. The maximum Gasteiger partial charge on any atom is 0.164 e. The zero-order valence-corrected chi connectivity index (χ0v) is 26.4. The van der Waals surface area contributed by atoms with Gasteiger partial charge in [0.1, 0.15) is 11.2 Å². The van der Waals surface area contributed by atoms with Gasteiger partial charge < -0.3 is 4.42 Å². The molecule has 0 saturated carbocycles. The minimum atomic E-state index is 0.604. The van der Waals surface area contributed by atoms with E-state index in [4.69, 9.17) is 19.4 Å². The van der Waals surface area contributed by atoms with Crippen LogP contribution in [0.2, 0.25) is 0 Å². The molecule has 0 N–H and O–H groups in total. The van der Waals surface area contributed by atoms with Crippen molar-refractivity contribution in [2.75, 3.05) is 0 Å². The number of aromatic nitrogens is 3. The lowest BCUT2D eigenvalue weighted by atomic mass is 9.95. The van der Waals surface area contributed by atoms with Crippen molar-refractivity contribution in [3.05, 3.63) is 152 Å². The summed E-state index contributed by atoms with van der Waals surface area (Å²) in [7, 11) is 0. The molecule has 0 radical (unpaired) electrons. The molecule has 7 aromatic carbocycles. The largest absolute Gasteiger partial charge is 0.455 e. The Kier molecular flexibility index (Phi) is 6.01. The van der Waals surface area contributed by atoms with E-state index >= 15 is 0 Å². The second-order valence-corrected chi connectivity index (χ2v) is 13.1. The first-order valence-corrected chi connectivity index (χ1v) is 16.8. The van der Waals surface area contributed by atoms with Crippen molar-refractivity contribution in [2.24, 2.45) is 0 Å². The molecule has 4 nitrogen and oxygen atoms in total. The fourth-order valence-corrected chi connectivity index (χ4v) is 8.03. The highest BCUT2D eigenvalue weighted by atomic mass is 32.1. The van der Waals surface area contributed by atoms with Crippen molar-refractivity contribution < 1.29 is 4.42 Å². The zero-order valence-electron chi connectivity index (χ0n) is 25.6. The van der Waals surface area contributed by atoms with E-state index in [1.54, 1.807) is 11.3 Å². The molecule has 10 aromatic rings. The molecule has 0 aliphatic heterocycles. The minimum Gasteiger partial charge on any atom is -0.455 e. The summed E-state index contributed by atoms with van der Waals surface area (Å²) < 4.78 is 9.13. The lowest BCUT2D eigenvalue weighted by Crippen LogP contribution is -2.00. The van der Waals surface area contributed by atoms with Gasteiger partial charge in [0.2, 0.25) is 0 Å². The molecule has 0 fully saturated rings. The Labute approximate surface area is 279 Å². The van der Waals surface area contributed by atoms with E-state index < -0.39 is 0 Å². The first-order valence-electron chi connectivity index (χ1n) is 15.9. The summed E-state index contributed by atoms with van der Waals surface area (Å²) in [5, 5.41) is 6.79. The smallest absolute Gasteiger partial charge is 0.164 e. The van der Waals surface area contributed by atoms with E-state index in [0.29, 0.717) is 17.5 Å². The Balaban J connectivity index is 1.20. The van der Waals surface area contributed by atoms with Crippen molar-refractivity contribution in [3.63, 3.8) is 0 Å². The van der Waals surface area contributed by atoms with E-state index in [0.717, 1.165) is 44.0 Å². The van der Waals surface area contributed by atoms with Crippen molar-refractivity contribution in [1.29, 1.82) is 0 Å². The van der Waals surface area contributed by atoms with Crippen molar-refractivity contribution >= 4 is 64.2 Å². The van der Waals surface area contributed by atoms with Gasteiger partial charge in [-0.15, -0.1) is 11.3 Å². The van der Waals surface area contributed by atoms with E-state index in [2.05, 4.69) is 121 Å². The first kappa shape index (κ1) is 27.0. The number of benzene rings is 7. The summed E-state index contributed by atoms with van der Waals surface area (Å²) in [5.74, 6) is 1.89. The van der Waals surface area contributed by atoms with Crippen LogP contribution >= 0.6 is 11.3 Å². The molecule has 0 aliphatic carbocycles. The van der Waals surface area contributed by atoms with E-state index in [9.17, 15) is 0 Å². The van der Waals surface area contributed by atoms with Crippen molar-refractivity contribution in [2.45, 2.75) is 0 Å². The van der Waals surface area contributed by atoms with Gasteiger partial charge in [0.05, 0.1) is 0 Å². The Bertz CT molecular complexity index is 2840. The fraction of sp³-hybridized carbons (Fsp3) is 0. The second-order valence-electron chi connectivity index (χ2n) is 12.0. The van der Waals surface area contributed by atoms with Crippen LogP contribution in [0, 0.1) is 0 Å². The van der Waals surface area contributed by atoms with E-state index in [1.807, 2.05) is 30.3 Å². The number of rotatable bonds is 4. The Morgan fingerprint density at radius 3 is 1.85 bits per heavy atom. The summed E-state index contributed by atoms with van der Waals surface area (Å²) in [6, 6.07) is 52.6. The summed E-state index contributed by atoms with van der Waals surface area (Å²) in [4.78, 5) is 15.2. The number of hydrogen-bond donors (Lipinski definition) is 0. The van der Waals surface area contributed by atoms with Gasteiger partial charge in [-0.25, -0.2) is 15.0 Å². The van der Waals surface area contributed by atoms with Crippen LogP contribution in [-0.2, 0) is 0 Å². The number of hydrogen-bond acceptors (Lipinski definition) is 5. The highest BCUT2D eigenvalue weighted by Gasteiger charge is 2.19. The average Bonchev–Trinajstić information content (AvgIpc) is 3.73. The monoisotopic (exact) mass is 631 g/mol. The van der Waals surface area contributed by atoms with Crippen molar-refractivity contribution in [1.82, 2.24) is 15.0 Å². The van der Waals surface area contributed by atoms with Crippen LogP contribution in [0.5, 0.6) is 0 Å². The third-order valence-electron chi connectivity index (χ3n) is 9.13. The molecule has 224 valence electrons. The van der Waals surface area contributed by atoms with E-state index in [1.165, 1.54) is 36.7 Å². The molecule has 0 unspecified atom stereocenters. The molecule has 0 aliphatic rings. The minimum absolute atomic E-state index is 0.604. The summed E-state index contributed by atoms with van der Waals surface area (Å²) >= 11 is 1.79. The molecule has 10 rings (SSSR count). The number of furan rings is 1. The normalized spacial score (nSPS) is 11.8. The average molecular weight is 632 g/mol. The Morgan fingerprint density at radius 1 is 0.396 bits per heavy atom. The number of thiophene rings is 1. The van der Waals surface area contributed by atoms with Gasteiger partial charge in [-0.1, -0.05) is 121 Å². The molecule has 0 spiro atoms. The van der Waals surface area contributed by atoms with Crippen LogP contribution in [0.1, 0.15) is 0 Å². The lowest BCUT2D eigenvalue weighted by Gasteiger charge is -2.09. The molecular formula is C43H25N3OS. The number of nitrogens with zero attached hydrogens (tertiary/aromatic N) is 3. The van der Waals surface area contributed by atoms with Crippen LogP contribution in [0.15, 0.2) is 156 Å². The highest BCUT2D eigenvalue weighted by Crippen LogP contribution is 2.42. The molecule has 3 heterocycles. The van der Waals surface area contributed by atoms with Gasteiger partial charge >= 0.3 is 0 Å². The van der Waals surface area contributed by atoms with E-state index in [-0.39, 0.29) is 0 Å². The third kappa shape index (κ3) is 4.25. The fourth-order valence-electron chi connectivity index (χ4n) is 6.90. The molecule has 3 aromatic heterocycles. The van der Waals surface area contributed by atoms with Crippen LogP contribution in [0.3, 0.4) is 0 Å². The third-order valence-corrected chi connectivity index (χ3v) is 10.3. The van der Waals surface area contributed by atoms with Gasteiger partial charge in [0.15, 0.2) is 17.5 Å². The molecule has 48 heavy (non-hydrogen) atoms. The van der Waals surface area contributed by atoms with Crippen LogP contribution in [-0.4, -0.2) is 15.0 Å². The standard InChI is InChI=1S/C43H25N3OS/c1-3-12-26(13-4-1)34-25-35-30-23-22-28(24-36(30)47-40(35)31-17-8-7-16-29(31)34)42-44-41(27-14-5-2-6-15-27)45-43(46-42)33-19-11-21-38-39(33)32-18-9-10-20-37(32)48-38/h1-25H. The quantitative estimate of drug-likeness (QED) is 0.194. The van der Waals surface area contributed by atoms with Gasteiger partial charge in [0, 0.05) is 53.0 Å². The summed E-state index contributed by atoms with van der Waals surface area (Å²) in [6.07, 6.45) is 0. The van der Waals surface area contributed by atoms with Crippen LogP contribution < -0.4 is 0 Å². The predicted molar refractivity (Wildman–Crippen MR) is 199 cm³/mol. The van der Waals surface area contributed by atoms with Crippen molar-refractivity contribution in [3.8, 4) is 45.3 Å². The topological polar surface area (TPSA) is 51.8 Å². The summed E-state index contributed by atoms with van der Waals surface area (Å²) in [5.41, 5.74) is 6.86. The molecular weight excluding hydrogens is 607 g/mol. The maximum absolute atomic E-state index is 6.67. The molecule has 0 saturated heterocycles. The van der Waals surface area contributed by atoms with Gasteiger partial charge in [-0.3, -0.25) is 0 Å². The van der Waals surface area contributed by atoms with Crippen LogP contribution in [0.25, 0.3) is 98.2 Å². The predicted octanol–water partition coefficient (Wildman–Crippen LogP) is 12.0. The molecule has 0 bridgehead atoms. The number of fused-ring (bicyclic) bond motifs is 8. The maximum atomic E-state index is 6.67. The van der Waals surface area contributed by atoms with Crippen LogP contribution in [0.4, 0.5) is 0 Å². The van der Waals surface area contributed by atoms with Gasteiger partial charge in [-0.2, -0.15) is 0 Å². The molecule has 0 amide bonds. The summed E-state index contributed by atoms with van der Waals surface area (Å²) in [6.45, 7) is 0. The molecule has 0 atom stereocenters. The SMILES string of the molecule is c1ccc(-c2nc(-c3ccc4c(c3)oc3c5ccccc5c(-c5ccccc5)cc43)nc(-c3cccc4sc5ccccc5c34)n2)cc1. The Hall–Kier alpha value is -6.17. The first-order chi connectivity index (χ1) is 23.8. The van der Waals surface area contributed by atoms with Gasteiger partial charge in [-0.05, 0) is 46.8 Å². The second kappa shape index (κ2) is 10.7. The lowest BCUT2D eigenvalue weighted by molar-refractivity contribution is 0.673. The zero-order chi connectivity index (χ0) is 31.6. The highest BCUT2D eigenvalue weighted by molar-refractivity contribution is 7.25. The molecule has 5 heteroatoms.